The number of phenols is 1. The molecule has 3 nitrogen and oxygen atoms in total. The van der Waals surface area contributed by atoms with E-state index >= 15 is 0 Å². The Morgan fingerprint density at radius 1 is 1.30 bits per heavy atom. The van der Waals surface area contributed by atoms with Crippen LogP contribution < -0.4 is 0 Å². The Labute approximate surface area is 118 Å². The van der Waals surface area contributed by atoms with E-state index in [1.165, 1.54) is 0 Å². The molecule has 20 heavy (non-hydrogen) atoms. The molecule has 2 aliphatic carbocycles. The molecular weight excluding hydrogens is 252 g/mol. The molecule has 0 aromatic heterocycles. The maximum atomic E-state index is 10.9. The fraction of sp³-hybridized carbons (Fsp3) is 0.412. The molecule has 2 aliphatic rings. The molecule has 0 saturated carbocycles. The summed E-state index contributed by atoms with van der Waals surface area (Å²) in [6.45, 7) is 3.84. The summed E-state index contributed by atoms with van der Waals surface area (Å²) in [5, 5.41) is 31.4. The first kappa shape index (κ1) is 13.4. The molecule has 3 N–H and O–H groups in total. The SMILES string of the molecule is C=CC1=CCC[C@@H](O)[C@]12CCc1c(O)cccc1[C@@H]2O. The Morgan fingerprint density at radius 2 is 2.10 bits per heavy atom. The molecule has 0 saturated heterocycles. The van der Waals surface area contributed by atoms with Gasteiger partial charge in [0.15, 0.2) is 0 Å². The van der Waals surface area contributed by atoms with Crippen LogP contribution in [0, 0.1) is 5.41 Å². The number of rotatable bonds is 1. The fourth-order valence-corrected chi connectivity index (χ4v) is 3.83. The van der Waals surface area contributed by atoms with Gasteiger partial charge in [0.05, 0.1) is 17.6 Å². The van der Waals surface area contributed by atoms with Crippen molar-refractivity contribution in [2.24, 2.45) is 5.41 Å². The minimum absolute atomic E-state index is 0.228. The Bertz CT molecular complexity index is 576. The molecule has 106 valence electrons. The summed E-state index contributed by atoms with van der Waals surface area (Å²) in [4.78, 5) is 0. The van der Waals surface area contributed by atoms with E-state index in [4.69, 9.17) is 0 Å². The van der Waals surface area contributed by atoms with Crippen LogP contribution in [0.3, 0.4) is 0 Å². The number of benzene rings is 1. The van der Waals surface area contributed by atoms with Gasteiger partial charge in [0.1, 0.15) is 5.75 Å². The van der Waals surface area contributed by atoms with Crippen molar-refractivity contribution in [3.05, 3.63) is 53.6 Å². The van der Waals surface area contributed by atoms with Crippen LogP contribution in [0.4, 0.5) is 0 Å². The van der Waals surface area contributed by atoms with E-state index in [-0.39, 0.29) is 5.75 Å². The van der Waals surface area contributed by atoms with Crippen LogP contribution in [0.2, 0.25) is 0 Å². The molecule has 0 heterocycles. The second-order valence-electron chi connectivity index (χ2n) is 5.74. The van der Waals surface area contributed by atoms with Crippen molar-refractivity contribution >= 4 is 0 Å². The number of phenolic OH excluding ortho intramolecular Hbond substituents is 1. The number of aliphatic hydroxyl groups is 2. The van der Waals surface area contributed by atoms with E-state index in [2.05, 4.69) is 12.7 Å². The summed E-state index contributed by atoms with van der Waals surface area (Å²) in [5.74, 6) is 0.228. The Morgan fingerprint density at radius 3 is 2.85 bits per heavy atom. The molecule has 0 unspecified atom stereocenters. The van der Waals surface area contributed by atoms with Crippen LogP contribution in [0.15, 0.2) is 42.5 Å². The molecule has 1 aromatic carbocycles. The van der Waals surface area contributed by atoms with Gasteiger partial charge in [-0.15, -0.1) is 0 Å². The smallest absolute Gasteiger partial charge is 0.119 e. The third-order valence-corrected chi connectivity index (χ3v) is 4.92. The lowest BCUT2D eigenvalue weighted by Gasteiger charge is -2.48. The van der Waals surface area contributed by atoms with Crippen molar-refractivity contribution in [3.63, 3.8) is 0 Å². The monoisotopic (exact) mass is 272 g/mol. The van der Waals surface area contributed by atoms with Gasteiger partial charge in [0.2, 0.25) is 0 Å². The zero-order valence-corrected chi connectivity index (χ0v) is 11.4. The summed E-state index contributed by atoms with van der Waals surface area (Å²) >= 11 is 0. The summed E-state index contributed by atoms with van der Waals surface area (Å²) in [5.41, 5.74) is 1.77. The predicted molar refractivity (Wildman–Crippen MR) is 77.3 cm³/mol. The van der Waals surface area contributed by atoms with E-state index in [1.807, 2.05) is 6.07 Å². The normalized spacial score (nSPS) is 32.6. The molecule has 0 fully saturated rings. The second kappa shape index (κ2) is 4.76. The van der Waals surface area contributed by atoms with Gasteiger partial charge in [-0.1, -0.05) is 30.9 Å². The van der Waals surface area contributed by atoms with Crippen LogP contribution in [0.1, 0.15) is 36.5 Å². The van der Waals surface area contributed by atoms with Gasteiger partial charge < -0.3 is 15.3 Å². The molecule has 3 atom stereocenters. The quantitative estimate of drug-likeness (QED) is 0.736. The first-order chi connectivity index (χ1) is 9.61. The average molecular weight is 272 g/mol. The van der Waals surface area contributed by atoms with E-state index in [0.717, 1.165) is 23.1 Å². The molecule has 1 spiro atoms. The maximum absolute atomic E-state index is 10.9. The molecule has 0 amide bonds. The van der Waals surface area contributed by atoms with Crippen LogP contribution in [0.25, 0.3) is 0 Å². The first-order valence-electron chi connectivity index (χ1n) is 7.11. The zero-order valence-electron chi connectivity index (χ0n) is 11.4. The van der Waals surface area contributed by atoms with Crippen molar-refractivity contribution in [1.29, 1.82) is 0 Å². The van der Waals surface area contributed by atoms with Crippen LogP contribution in [0.5, 0.6) is 5.75 Å². The molecular formula is C17H20O3. The van der Waals surface area contributed by atoms with Gasteiger partial charge in [-0.3, -0.25) is 0 Å². The topological polar surface area (TPSA) is 60.7 Å². The minimum Gasteiger partial charge on any atom is -0.508 e. The third-order valence-electron chi connectivity index (χ3n) is 4.92. The van der Waals surface area contributed by atoms with Gasteiger partial charge in [0.25, 0.3) is 0 Å². The number of allylic oxidation sites excluding steroid dienone is 2. The van der Waals surface area contributed by atoms with Crippen molar-refractivity contribution in [2.75, 3.05) is 0 Å². The Hall–Kier alpha value is -1.58. The van der Waals surface area contributed by atoms with Gasteiger partial charge in [-0.05, 0) is 48.4 Å². The second-order valence-corrected chi connectivity index (χ2v) is 5.74. The van der Waals surface area contributed by atoms with Gasteiger partial charge in [-0.2, -0.15) is 0 Å². The molecule has 0 aliphatic heterocycles. The highest BCUT2D eigenvalue weighted by Crippen LogP contribution is 2.55. The predicted octanol–water partition coefficient (Wildman–Crippen LogP) is 2.63. The largest absolute Gasteiger partial charge is 0.508 e. The highest BCUT2D eigenvalue weighted by Gasteiger charge is 2.50. The fourth-order valence-electron chi connectivity index (χ4n) is 3.83. The van der Waals surface area contributed by atoms with Gasteiger partial charge >= 0.3 is 0 Å². The van der Waals surface area contributed by atoms with Gasteiger partial charge in [-0.25, -0.2) is 0 Å². The zero-order chi connectivity index (χ0) is 14.3. The molecule has 0 bridgehead atoms. The number of aromatic hydroxyl groups is 1. The van der Waals surface area contributed by atoms with Crippen LogP contribution in [-0.4, -0.2) is 21.4 Å². The summed E-state index contributed by atoms with van der Waals surface area (Å²) < 4.78 is 0. The lowest BCUT2D eigenvalue weighted by atomic mass is 9.59. The van der Waals surface area contributed by atoms with E-state index in [9.17, 15) is 15.3 Å². The standard InChI is InChI=1S/C17H20O3/c1-2-11-5-3-8-15(19)17(11)10-9-12-13(16(17)20)6-4-7-14(12)18/h2,4-7,15-16,18-20H,1,3,8-10H2/t15-,16+,17+/m1/s1. The molecule has 3 rings (SSSR count). The lowest BCUT2D eigenvalue weighted by molar-refractivity contribution is -0.0651. The third kappa shape index (κ3) is 1.67. The average Bonchev–Trinajstić information content (AvgIpc) is 2.45. The van der Waals surface area contributed by atoms with Crippen molar-refractivity contribution in [1.82, 2.24) is 0 Å². The van der Waals surface area contributed by atoms with E-state index in [0.29, 0.717) is 19.3 Å². The van der Waals surface area contributed by atoms with E-state index in [1.54, 1.807) is 18.2 Å². The van der Waals surface area contributed by atoms with Crippen LogP contribution in [-0.2, 0) is 6.42 Å². The molecule has 1 aromatic rings. The first-order valence-corrected chi connectivity index (χ1v) is 7.11. The molecule has 3 heteroatoms. The number of hydrogen-bond acceptors (Lipinski definition) is 3. The van der Waals surface area contributed by atoms with Crippen molar-refractivity contribution in [3.8, 4) is 5.75 Å². The number of aliphatic hydroxyl groups excluding tert-OH is 2. The highest BCUT2D eigenvalue weighted by molar-refractivity contribution is 5.47. The van der Waals surface area contributed by atoms with Crippen molar-refractivity contribution in [2.45, 2.75) is 37.9 Å². The number of fused-ring (bicyclic) bond motifs is 1. The van der Waals surface area contributed by atoms with Crippen molar-refractivity contribution < 1.29 is 15.3 Å². The van der Waals surface area contributed by atoms with Gasteiger partial charge in [0, 0.05) is 0 Å². The van der Waals surface area contributed by atoms with E-state index < -0.39 is 17.6 Å². The highest BCUT2D eigenvalue weighted by atomic mass is 16.3. The lowest BCUT2D eigenvalue weighted by Crippen LogP contribution is -2.46. The number of hydrogen-bond donors (Lipinski definition) is 3. The molecule has 0 radical (unpaired) electrons. The summed E-state index contributed by atoms with van der Waals surface area (Å²) in [6.07, 6.45) is 5.17. The Balaban J connectivity index is 2.15. The summed E-state index contributed by atoms with van der Waals surface area (Å²) in [7, 11) is 0. The maximum Gasteiger partial charge on any atom is 0.119 e. The minimum atomic E-state index is -0.808. The Kier molecular flexibility index (Phi) is 3.19. The summed E-state index contributed by atoms with van der Waals surface area (Å²) in [6, 6.07) is 5.22. The van der Waals surface area contributed by atoms with Crippen LogP contribution >= 0.6 is 0 Å².